The molecule has 4 heterocycles. The Kier molecular flexibility index (Phi) is 6.53. The van der Waals surface area contributed by atoms with Crippen molar-refractivity contribution in [2.75, 3.05) is 31.1 Å². The molecule has 8 heteroatoms. The van der Waals surface area contributed by atoms with Gasteiger partial charge in [0.1, 0.15) is 6.04 Å². The Morgan fingerprint density at radius 3 is 2.57 bits per heavy atom. The van der Waals surface area contributed by atoms with Crippen LogP contribution in [-0.4, -0.2) is 80.9 Å². The average Bonchev–Trinajstić information content (AvgIpc) is 3.15. The second kappa shape index (κ2) is 9.47. The van der Waals surface area contributed by atoms with Crippen LogP contribution in [0.1, 0.15) is 26.7 Å². The molecule has 0 aromatic heterocycles. The summed E-state index contributed by atoms with van der Waals surface area (Å²) in [6.45, 7) is 4.94. The normalized spacial score (nSPS) is 32.9. The summed E-state index contributed by atoms with van der Waals surface area (Å²) in [6.07, 6.45) is 9.92. The number of para-hydroxylation sites is 1. The molecule has 1 aromatic carbocycles. The van der Waals surface area contributed by atoms with E-state index < -0.39 is 22.6 Å². The van der Waals surface area contributed by atoms with Crippen LogP contribution in [-0.2, 0) is 14.4 Å². The Hall–Kier alpha value is -2.58. The average molecular weight is 496 g/mol. The van der Waals surface area contributed by atoms with Crippen molar-refractivity contribution < 1.29 is 19.5 Å². The minimum Gasteiger partial charge on any atom is -0.395 e. The standard InChI is InChI=1S/C27H33N3O4S/c1-3-9-18(2)28-15-8-13-27-22(25(33)30(16-17-31)23(27)26(28)34)21-20(35-27)12-7-14-29(24(21)32)19-10-5-4-6-11-19/h4-8,10-13,18,20-23,31H,3,9,14-17H2,1-2H3/t18?,20-,21+,22-,23?,27-/m0/s1. The third-order valence-electron chi connectivity index (χ3n) is 7.84. The Labute approximate surface area is 210 Å². The molecule has 4 aliphatic rings. The number of rotatable bonds is 6. The number of aliphatic hydroxyl groups is 1. The number of thioether (sulfide) groups is 1. The van der Waals surface area contributed by atoms with Gasteiger partial charge in [-0.15, -0.1) is 11.8 Å². The third-order valence-corrected chi connectivity index (χ3v) is 9.58. The molecule has 2 unspecified atom stereocenters. The SMILES string of the molecule is CCCC(C)N1CC=C[C@]23S[C@H]4C=CCN(c5ccccc5)C(=O)[C@H]4[C@H]2C(=O)N(CCO)C3C1=O. The van der Waals surface area contributed by atoms with Crippen molar-refractivity contribution in [1.82, 2.24) is 9.80 Å². The van der Waals surface area contributed by atoms with E-state index in [0.29, 0.717) is 13.1 Å². The minimum atomic E-state index is -0.834. The highest BCUT2D eigenvalue weighted by Gasteiger charge is 2.71. The van der Waals surface area contributed by atoms with Gasteiger partial charge in [0.15, 0.2) is 0 Å². The van der Waals surface area contributed by atoms with E-state index in [9.17, 15) is 19.5 Å². The first-order valence-electron chi connectivity index (χ1n) is 12.5. The van der Waals surface area contributed by atoms with Crippen molar-refractivity contribution in [3.63, 3.8) is 0 Å². The summed E-state index contributed by atoms with van der Waals surface area (Å²) in [5.41, 5.74) is 0.801. The van der Waals surface area contributed by atoms with Gasteiger partial charge in [-0.2, -0.15) is 0 Å². The van der Waals surface area contributed by atoms with E-state index >= 15 is 0 Å². The highest BCUT2D eigenvalue weighted by atomic mass is 32.2. The second-order valence-corrected chi connectivity index (χ2v) is 11.3. The van der Waals surface area contributed by atoms with E-state index in [1.165, 1.54) is 0 Å². The summed E-state index contributed by atoms with van der Waals surface area (Å²) < 4.78 is -0.834. The first-order valence-corrected chi connectivity index (χ1v) is 13.4. The molecular weight excluding hydrogens is 462 g/mol. The second-order valence-electron chi connectivity index (χ2n) is 9.84. The summed E-state index contributed by atoms with van der Waals surface area (Å²) in [6, 6.07) is 8.84. The van der Waals surface area contributed by atoms with Crippen LogP contribution in [0.3, 0.4) is 0 Å². The number of benzene rings is 1. The van der Waals surface area contributed by atoms with Gasteiger partial charge >= 0.3 is 0 Å². The van der Waals surface area contributed by atoms with Crippen molar-refractivity contribution in [3.8, 4) is 0 Å². The third kappa shape index (κ3) is 3.73. The maximum Gasteiger partial charge on any atom is 0.247 e. The summed E-state index contributed by atoms with van der Waals surface area (Å²) in [5.74, 6) is -1.60. The van der Waals surface area contributed by atoms with Gasteiger partial charge in [-0.25, -0.2) is 0 Å². The van der Waals surface area contributed by atoms with E-state index in [1.807, 2.05) is 66.5 Å². The number of nitrogens with zero attached hydrogens (tertiary/aromatic N) is 3. The smallest absolute Gasteiger partial charge is 0.247 e. The summed E-state index contributed by atoms with van der Waals surface area (Å²) in [4.78, 5) is 47.2. The van der Waals surface area contributed by atoms with Crippen molar-refractivity contribution in [1.29, 1.82) is 0 Å². The van der Waals surface area contributed by atoms with Crippen LogP contribution in [0, 0.1) is 11.8 Å². The van der Waals surface area contributed by atoms with Gasteiger partial charge in [0.05, 0.1) is 23.2 Å². The molecule has 0 aliphatic carbocycles. The number of anilines is 1. The zero-order valence-corrected chi connectivity index (χ0v) is 21.1. The number of hydrogen-bond acceptors (Lipinski definition) is 5. The van der Waals surface area contributed by atoms with Crippen LogP contribution >= 0.6 is 11.8 Å². The van der Waals surface area contributed by atoms with Crippen molar-refractivity contribution >= 4 is 35.2 Å². The van der Waals surface area contributed by atoms with E-state index in [4.69, 9.17) is 0 Å². The molecule has 1 aromatic rings. The molecule has 4 aliphatic heterocycles. The zero-order chi connectivity index (χ0) is 24.7. The number of β-amino-alcohol motifs (C(OH)–C–C–N with tert-alkyl or cyclic N) is 1. The van der Waals surface area contributed by atoms with E-state index in [2.05, 4.69) is 6.92 Å². The molecule has 0 saturated carbocycles. The van der Waals surface area contributed by atoms with Crippen molar-refractivity contribution in [3.05, 3.63) is 54.6 Å². The Balaban J connectivity index is 1.58. The minimum absolute atomic E-state index is 0.0457. The molecule has 2 saturated heterocycles. The highest BCUT2D eigenvalue weighted by molar-refractivity contribution is 8.02. The Morgan fingerprint density at radius 1 is 1.09 bits per heavy atom. The number of carbonyl (C=O) groups excluding carboxylic acids is 3. The lowest BCUT2D eigenvalue weighted by Gasteiger charge is -2.37. The number of carbonyl (C=O) groups is 3. The van der Waals surface area contributed by atoms with Gasteiger partial charge < -0.3 is 19.8 Å². The first kappa shape index (κ1) is 24.1. The van der Waals surface area contributed by atoms with Gasteiger partial charge in [-0.3, -0.25) is 14.4 Å². The number of hydrogen-bond donors (Lipinski definition) is 1. The quantitative estimate of drug-likeness (QED) is 0.614. The molecule has 3 amide bonds. The molecule has 35 heavy (non-hydrogen) atoms. The lowest BCUT2D eigenvalue weighted by molar-refractivity contribution is -0.144. The molecule has 1 N–H and O–H groups in total. The van der Waals surface area contributed by atoms with Gasteiger partial charge in [0, 0.05) is 36.6 Å². The molecule has 7 nitrogen and oxygen atoms in total. The summed E-state index contributed by atoms with van der Waals surface area (Å²) in [5, 5.41) is 9.61. The van der Waals surface area contributed by atoms with Gasteiger partial charge in [-0.1, -0.05) is 55.8 Å². The van der Waals surface area contributed by atoms with Crippen molar-refractivity contribution in [2.24, 2.45) is 11.8 Å². The topological polar surface area (TPSA) is 81.2 Å². The van der Waals surface area contributed by atoms with Gasteiger partial charge in [0.25, 0.3) is 0 Å². The maximum atomic E-state index is 14.0. The fourth-order valence-electron chi connectivity index (χ4n) is 6.31. The molecule has 0 bridgehead atoms. The fourth-order valence-corrected chi connectivity index (χ4v) is 8.32. The highest BCUT2D eigenvalue weighted by Crippen LogP contribution is 2.61. The fraction of sp³-hybridized carbons (Fsp3) is 0.519. The van der Waals surface area contributed by atoms with E-state index in [0.717, 1.165) is 18.5 Å². The van der Waals surface area contributed by atoms with Crippen molar-refractivity contribution in [2.45, 2.75) is 48.8 Å². The van der Waals surface area contributed by atoms with E-state index in [1.54, 1.807) is 21.6 Å². The lowest BCUT2D eigenvalue weighted by atomic mass is 9.78. The number of fused-ring (bicyclic) bond motifs is 2. The summed E-state index contributed by atoms with van der Waals surface area (Å²) in [7, 11) is 0. The summed E-state index contributed by atoms with van der Waals surface area (Å²) >= 11 is 1.58. The number of aliphatic hydroxyl groups excluding tert-OH is 1. The molecule has 0 radical (unpaired) electrons. The zero-order valence-electron chi connectivity index (χ0n) is 20.2. The number of likely N-dealkylation sites (tertiary alicyclic amines) is 1. The van der Waals surface area contributed by atoms with Gasteiger partial charge in [0.2, 0.25) is 17.7 Å². The van der Waals surface area contributed by atoms with Crippen LogP contribution in [0.5, 0.6) is 0 Å². The Morgan fingerprint density at radius 2 is 1.86 bits per heavy atom. The largest absolute Gasteiger partial charge is 0.395 e. The lowest BCUT2D eigenvalue weighted by Crippen LogP contribution is -2.55. The van der Waals surface area contributed by atoms with Crippen LogP contribution < -0.4 is 4.90 Å². The predicted octanol–water partition coefficient (Wildman–Crippen LogP) is 2.47. The van der Waals surface area contributed by atoms with Crippen LogP contribution in [0.25, 0.3) is 0 Å². The molecule has 5 rings (SSSR count). The number of amides is 3. The van der Waals surface area contributed by atoms with Crippen LogP contribution in [0.4, 0.5) is 5.69 Å². The molecule has 186 valence electrons. The van der Waals surface area contributed by atoms with Gasteiger partial charge in [-0.05, 0) is 25.5 Å². The van der Waals surface area contributed by atoms with Crippen LogP contribution in [0.15, 0.2) is 54.6 Å². The molecular formula is C27H33N3O4S. The molecule has 1 spiro atoms. The molecule has 2 fully saturated rings. The first-order chi connectivity index (χ1) is 16.9. The monoisotopic (exact) mass is 495 g/mol. The molecule has 6 atom stereocenters. The predicted molar refractivity (Wildman–Crippen MR) is 137 cm³/mol. The Bertz CT molecular complexity index is 1060. The maximum absolute atomic E-state index is 14.0. The van der Waals surface area contributed by atoms with Crippen LogP contribution in [0.2, 0.25) is 0 Å². The van der Waals surface area contributed by atoms with E-state index in [-0.39, 0.29) is 42.2 Å².